The molecule has 2 nitrogen and oxygen atoms in total. The van der Waals surface area contributed by atoms with E-state index >= 15 is 0 Å². The number of hydrogen-bond acceptors (Lipinski definition) is 2. The van der Waals surface area contributed by atoms with Crippen LogP contribution in [0.1, 0.15) is 47.0 Å². The zero-order valence-corrected chi connectivity index (χ0v) is 11.5. The average molecular weight is 245 g/mol. The number of rotatable bonds is 4. The van der Waals surface area contributed by atoms with Gasteiger partial charge in [-0.2, -0.15) is 0 Å². The van der Waals surface area contributed by atoms with Gasteiger partial charge in [0.05, 0.1) is 11.2 Å². The highest BCUT2D eigenvalue weighted by Gasteiger charge is 2.59. The zero-order valence-electron chi connectivity index (χ0n) is 10.8. The van der Waals surface area contributed by atoms with Gasteiger partial charge >= 0.3 is 7.12 Å². The second-order valence-electron chi connectivity index (χ2n) is 6.12. The van der Waals surface area contributed by atoms with E-state index in [0.717, 1.165) is 18.2 Å². The Morgan fingerprint density at radius 3 is 2.25 bits per heavy atom. The van der Waals surface area contributed by atoms with Crippen LogP contribution in [0.25, 0.3) is 0 Å². The molecule has 0 amide bonds. The molecule has 92 valence electrons. The van der Waals surface area contributed by atoms with Gasteiger partial charge in [0, 0.05) is 5.88 Å². The van der Waals surface area contributed by atoms with Crippen molar-refractivity contribution in [2.24, 2.45) is 5.92 Å². The molecule has 2 aliphatic rings. The van der Waals surface area contributed by atoms with Gasteiger partial charge in [0.15, 0.2) is 0 Å². The minimum absolute atomic E-state index is 0.00493. The van der Waals surface area contributed by atoms with E-state index in [2.05, 4.69) is 27.7 Å². The van der Waals surface area contributed by atoms with Crippen LogP contribution in [0, 0.1) is 5.92 Å². The Morgan fingerprint density at radius 1 is 1.19 bits per heavy atom. The molecular weight excluding hydrogens is 222 g/mol. The average Bonchev–Trinajstić information content (AvgIpc) is 2.87. The summed E-state index contributed by atoms with van der Waals surface area (Å²) in [6, 6.07) is 0. The van der Waals surface area contributed by atoms with Gasteiger partial charge in [0.2, 0.25) is 0 Å². The molecule has 2 atom stereocenters. The Balaban J connectivity index is 1.86. The molecule has 1 heterocycles. The highest BCUT2D eigenvalue weighted by Crippen LogP contribution is 2.54. The quantitative estimate of drug-likeness (QED) is 0.557. The van der Waals surface area contributed by atoms with E-state index in [4.69, 9.17) is 20.9 Å². The molecule has 1 aliphatic heterocycles. The van der Waals surface area contributed by atoms with Crippen molar-refractivity contribution in [3.8, 4) is 0 Å². The predicted molar refractivity (Wildman–Crippen MR) is 67.9 cm³/mol. The van der Waals surface area contributed by atoms with Crippen LogP contribution in [0.4, 0.5) is 0 Å². The van der Waals surface area contributed by atoms with Crippen LogP contribution < -0.4 is 0 Å². The van der Waals surface area contributed by atoms with E-state index < -0.39 is 0 Å². The van der Waals surface area contributed by atoms with Crippen LogP contribution in [0.15, 0.2) is 0 Å². The maximum atomic E-state index is 6.04. The molecule has 0 aromatic heterocycles. The fraction of sp³-hybridized carbons (Fsp3) is 1.00. The van der Waals surface area contributed by atoms with E-state index in [9.17, 15) is 0 Å². The molecule has 0 aromatic carbocycles. The molecule has 1 saturated carbocycles. The van der Waals surface area contributed by atoms with Gasteiger partial charge in [-0.05, 0) is 58.7 Å². The Hall–Kier alpha value is 0.275. The van der Waals surface area contributed by atoms with Crippen LogP contribution >= 0.6 is 11.6 Å². The largest absolute Gasteiger partial charge is 0.461 e. The lowest BCUT2D eigenvalue weighted by molar-refractivity contribution is 0.00578. The third kappa shape index (κ3) is 2.27. The first-order chi connectivity index (χ1) is 7.37. The summed E-state index contributed by atoms with van der Waals surface area (Å²) in [6.07, 6.45) is 3.58. The summed E-state index contributed by atoms with van der Waals surface area (Å²) in [7, 11) is 0.00493. The lowest BCUT2D eigenvalue weighted by Crippen LogP contribution is -2.41. The molecule has 0 spiro atoms. The molecule has 0 bridgehead atoms. The molecule has 0 radical (unpaired) electrons. The molecule has 4 heteroatoms. The molecule has 0 aromatic rings. The Bertz CT molecular complexity index is 252. The first kappa shape index (κ1) is 12.7. The van der Waals surface area contributed by atoms with Crippen LogP contribution in [0.3, 0.4) is 0 Å². The van der Waals surface area contributed by atoms with Gasteiger partial charge in [0.25, 0.3) is 0 Å². The highest BCUT2D eigenvalue weighted by atomic mass is 35.5. The van der Waals surface area contributed by atoms with Crippen LogP contribution in [-0.4, -0.2) is 24.2 Å². The van der Waals surface area contributed by atoms with Crippen molar-refractivity contribution in [1.82, 2.24) is 0 Å². The zero-order chi connectivity index (χ0) is 12.0. The monoisotopic (exact) mass is 244 g/mol. The SMILES string of the molecule is CC1(C)OB([C@@H]2C[C@@H]2CCCCl)OC1(C)C. The van der Waals surface area contributed by atoms with E-state index in [1.54, 1.807) is 0 Å². The molecule has 1 saturated heterocycles. The third-order valence-electron chi connectivity index (χ3n) is 4.31. The van der Waals surface area contributed by atoms with Gasteiger partial charge in [-0.1, -0.05) is 0 Å². The van der Waals surface area contributed by atoms with E-state index in [1.807, 2.05) is 0 Å². The molecule has 1 aliphatic carbocycles. The minimum Gasteiger partial charge on any atom is -0.403 e. The van der Waals surface area contributed by atoms with E-state index in [1.165, 1.54) is 12.8 Å². The van der Waals surface area contributed by atoms with Gasteiger partial charge in [-0.25, -0.2) is 0 Å². The van der Waals surface area contributed by atoms with Crippen molar-refractivity contribution in [3.05, 3.63) is 0 Å². The second-order valence-corrected chi connectivity index (χ2v) is 6.49. The fourth-order valence-corrected chi connectivity index (χ4v) is 2.49. The van der Waals surface area contributed by atoms with Crippen molar-refractivity contribution in [3.63, 3.8) is 0 Å². The summed E-state index contributed by atoms with van der Waals surface area (Å²) in [6.45, 7) is 8.46. The first-order valence-corrected chi connectivity index (χ1v) is 6.82. The van der Waals surface area contributed by atoms with Gasteiger partial charge in [-0.15, -0.1) is 11.6 Å². The minimum atomic E-state index is -0.183. The number of hydrogen-bond donors (Lipinski definition) is 0. The molecule has 2 fully saturated rings. The lowest BCUT2D eigenvalue weighted by Gasteiger charge is -2.32. The smallest absolute Gasteiger partial charge is 0.403 e. The summed E-state index contributed by atoms with van der Waals surface area (Å²) in [5.74, 6) is 2.14. The third-order valence-corrected chi connectivity index (χ3v) is 4.57. The van der Waals surface area contributed by atoms with E-state index in [-0.39, 0.29) is 18.3 Å². The summed E-state index contributed by atoms with van der Waals surface area (Å²) in [5.41, 5.74) is -0.366. The molecule has 0 unspecified atom stereocenters. The summed E-state index contributed by atoms with van der Waals surface area (Å²) in [4.78, 5) is 0. The van der Waals surface area contributed by atoms with Crippen molar-refractivity contribution < 1.29 is 9.31 Å². The Labute approximate surface area is 104 Å². The maximum absolute atomic E-state index is 6.04. The first-order valence-electron chi connectivity index (χ1n) is 6.29. The van der Waals surface area contributed by atoms with Crippen molar-refractivity contribution >= 4 is 18.7 Å². The summed E-state index contributed by atoms with van der Waals surface area (Å²) in [5, 5.41) is 0. The Kier molecular flexibility index (Phi) is 3.33. The van der Waals surface area contributed by atoms with Crippen molar-refractivity contribution in [2.75, 3.05) is 5.88 Å². The van der Waals surface area contributed by atoms with Gasteiger partial charge in [-0.3, -0.25) is 0 Å². The molecule has 16 heavy (non-hydrogen) atoms. The summed E-state index contributed by atoms with van der Waals surface area (Å²) >= 11 is 5.71. The standard InChI is InChI=1S/C12H22BClO2/c1-11(2)12(3,4)16-13(15-11)10-8-9(10)6-5-7-14/h9-10H,5-8H2,1-4H3/t9-,10+/m0/s1. The lowest BCUT2D eigenvalue weighted by atomic mass is 9.80. The Morgan fingerprint density at radius 2 is 1.75 bits per heavy atom. The van der Waals surface area contributed by atoms with Crippen molar-refractivity contribution in [2.45, 2.75) is 64.0 Å². The normalized spacial score (nSPS) is 35.4. The summed E-state index contributed by atoms with van der Waals surface area (Å²) < 4.78 is 12.1. The predicted octanol–water partition coefficient (Wildman–Crippen LogP) is 3.49. The molecule has 0 N–H and O–H groups in total. The van der Waals surface area contributed by atoms with Crippen LogP contribution in [-0.2, 0) is 9.31 Å². The second kappa shape index (κ2) is 4.18. The number of alkyl halides is 1. The number of halogens is 1. The van der Waals surface area contributed by atoms with Crippen molar-refractivity contribution in [1.29, 1.82) is 0 Å². The topological polar surface area (TPSA) is 18.5 Å². The fourth-order valence-electron chi connectivity index (χ4n) is 2.34. The van der Waals surface area contributed by atoms with Crippen LogP contribution in [0.2, 0.25) is 5.82 Å². The van der Waals surface area contributed by atoms with Gasteiger partial charge in [0.1, 0.15) is 0 Å². The highest BCUT2D eigenvalue weighted by molar-refractivity contribution is 6.48. The molecular formula is C12H22BClO2. The van der Waals surface area contributed by atoms with E-state index in [0.29, 0.717) is 5.82 Å². The maximum Gasteiger partial charge on any atom is 0.461 e. The molecule has 2 rings (SSSR count). The van der Waals surface area contributed by atoms with Crippen LogP contribution in [0.5, 0.6) is 0 Å². The van der Waals surface area contributed by atoms with Gasteiger partial charge < -0.3 is 9.31 Å².